The molecule has 4 atom stereocenters. The van der Waals surface area contributed by atoms with Gasteiger partial charge in [0.25, 0.3) is 11.8 Å². The average molecular weight is 667 g/mol. The normalized spacial score (nSPS) is 22.2. The number of hydrogen-bond acceptors (Lipinski definition) is 7. The molecular weight excluding hydrogens is 637 g/mol. The third-order valence-corrected chi connectivity index (χ3v) is 9.88. The third-order valence-electron chi connectivity index (χ3n) is 7.68. The van der Waals surface area contributed by atoms with Crippen LogP contribution in [0.25, 0.3) is 0 Å². The predicted octanol–water partition coefficient (Wildman–Crippen LogP) is 5.14. The van der Waals surface area contributed by atoms with Gasteiger partial charge in [0.15, 0.2) is 0 Å². The molecule has 2 heterocycles. The highest BCUT2D eigenvalue weighted by Gasteiger charge is 2.49. The molecule has 1 aliphatic carbocycles. The number of hydrogen-bond donors (Lipinski definition) is 3. The van der Waals surface area contributed by atoms with Gasteiger partial charge >= 0.3 is 5.97 Å². The Hall–Kier alpha value is -3.00. The molecule has 0 radical (unpaired) electrons. The van der Waals surface area contributed by atoms with Gasteiger partial charge in [0, 0.05) is 37.9 Å². The molecule has 2 aliphatic rings. The van der Waals surface area contributed by atoms with Gasteiger partial charge in [-0.2, -0.15) is 0 Å². The highest BCUT2D eigenvalue weighted by Crippen LogP contribution is 2.47. The van der Waals surface area contributed by atoms with E-state index in [4.69, 9.17) is 28.0 Å². The van der Waals surface area contributed by atoms with Crippen LogP contribution in [0.5, 0.6) is 0 Å². The monoisotopic (exact) mass is 665 g/mol. The van der Waals surface area contributed by atoms with Crippen LogP contribution in [0.1, 0.15) is 74.4 Å². The molecule has 0 spiro atoms. The molecule has 1 saturated carbocycles. The van der Waals surface area contributed by atoms with Gasteiger partial charge in [-0.15, -0.1) is 11.3 Å². The Labute approximate surface area is 262 Å². The fourth-order valence-electron chi connectivity index (χ4n) is 5.94. The first kappa shape index (κ1) is 31.4. The minimum atomic E-state index is -3.61. The molecule has 1 aromatic heterocycles. The molecule has 1 fully saturated rings. The molecule has 1 aliphatic heterocycles. The topological polar surface area (TPSA) is 142 Å². The number of hydroxylamine groups is 1. The van der Waals surface area contributed by atoms with E-state index in [0.717, 1.165) is 19.1 Å². The van der Waals surface area contributed by atoms with Crippen LogP contribution in [0.4, 0.5) is 0 Å². The summed E-state index contributed by atoms with van der Waals surface area (Å²) in [6, 6.07) is 11.0. The first-order valence-corrected chi connectivity index (χ1v) is 17.0. The number of amides is 2. The molecule has 3 aromatic rings. The molecule has 228 valence electrons. The van der Waals surface area contributed by atoms with Gasteiger partial charge in [-0.25, -0.2) is 23.4 Å². The zero-order valence-corrected chi connectivity index (χ0v) is 26.1. The smallest absolute Gasteiger partial charge is 0.336 e. The van der Waals surface area contributed by atoms with Crippen LogP contribution in [0.3, 0.4) is 0 Å². The summed E-state index contributed by atoms with van der Waals surface area (Å²) in [7, 11) is -3.61. The number of rotatable bonds is 9. The van der Waals surface area contributed by atoms with Crippen molar-refractivity contribution in [2.45, 2.75) is 56.3 Å². The van der Waals surface area contributed by atoms with Gasteiger partial charge in [-0.1, -0.05) is 60.3 Å². The van der Waals surface area contributed by atoms with Crippen molar-refractivity contribution in [2.75, 3.05) is 6.26 Å². The maximum atomic E-state index is 14.3. The summed E-state index contributed by atoms with van der Waals surface area (Å²) in [6.07, 6.45) is 3.65. The number of halogens is 2. The standard InChI is InChI=1S/C29H29Cl2N3O7S2/c1-43(39,40)33-23-8-4-5-9-24(23)34-26(21-11-10-17(30)13-22(21)31)25(19-6-2-3-7-20(19)28(34)36)27(35)32-41-14-18-12-16(15-42-18)29(37)38/h2-3,6-7,10-13,15,23-26,33H,4-5,8-9,14H2,1H3,(H,32,35)(H,37,38)/t23-,24-,25+,26-/m0/s1. The second-order valence-corrected chi connectivity index (χ2v) is 14.2. The summed E-state index contributed by atoms with van der Waals surface area (Å²) < 4.78 is 27.4. The molecule has 2 aromatic carbocycles. The summed E-state index contributed by atoms with van der Waals surface area (Å²) in [5.41, 5.74) is 3.88. The van der Waals surface area contributed by atoms with Gasteiger partial charge in [-0.3, -0.25) is 14.4 Å². The Morgan fingerprint density at radius 1 is 1.09 bits per heavy atom. The summed E-state index contributed by atoms with van der Waals surface area (Å²) in [5.74, 6) is -2.96. The number of carboxylic acids is 1. The van der Waals surface area contributed by atoms with Crippen LogP contribution < -0.4 is 10.2 Å². The van der Waals surface area contributed by atoms with Crippen molar-refractivity contribution in [3.05, 3.63) is 91.1 Å². The molecule has 0 bridgehead atoms. The lowest BCUT2D eigenvalue weighted by molar-refractivity contribution is -0.138. The summed E-state index contributed by atoms with van der Waals surface area (Å²) in [4.78, 5) is 47.3. The highest BCUT2D eigenvalue weighted by atomic mass is 35.5. The summed E-state index contributed by atoms with van der Waals surface area (Å²) >= 11 is 14.1. The van der Waals surface area contributed by atoms with Crippen molar-refractivity contribution < 1.29 is 32.7 Å². The highest BCUT2D eigenvalue weighted by molar-refractivity contribution is 7.88. The van der Waals surface area contributed by atoms with Crippen molar-refractivity contribution in [3.8, 4) is 0 Å². The maximum absolute atomic E-state index is 14.3. The molecule has 5 rings (SSSR count). The zero-order chi connectivity index (χ0) is 30.9. The molecule has 0 unspecified atom stereocenters. The van der Waals surface area contributed by atoms with Gasteiger partial charge < -0.3 is 10.0 Å². The van der Waals surface area contributed by atoms with E-state index in [2.05, 4.69) is 10.2 Å². The van der Waals surface area contributed by atoms with E-state index >= 15 is 0 Å². The second-order valence-electron chi connectivity index (χ2n) is 10.6. The van der Waals surface area contributed by atoms with Crippen molar-refractivity contribution >= 4 is 62.3 Å². The van der Waals surface area contributed by atoms with E-state index in [0.29, 0.717) is 39.4 Å². The number of carbonyl (C=O) groups is 3. The number of thiophene rings is 1. The zero-order valence-electron chi connectivity index (χ0n) is 23.0. The van der Waals surface area contributed by atoms with Gasteiger partial charge in [-0.05, 0) is 48.2 Å². The van der Waals surface area contributed by atoms with E-state index in [1.807, 2.05) is 0 Å². The predicted molar refractivity (Wildman–Crippen MR) is 163 cm³/mol. The van der Waals surface area contributed by atoms with Crippen LogP contribution >= 0.6 is 34.5 Å². The van der Waals surface area contributed by atoms with Crippen molar-refractivity contribution in [2.24, 2.45) is 0 Å². The Morgan fingerprint density at radius 3 is 2.53 bits per heavy atom. The number of sulfonamides is 1. The van der Waals surface area contributed by atoms with Crippen LogP contribution in [0.2, 0.25) is 10.0 Å². The lowest BCUT2D eigenvalue weighted by Crippen LogP contribution is -2.59. The van der Waals surface area contributed by atoms with Crippen LogP contribution in [-0.2, 0) is 26.3 Å². The van der Waals surface area contributed by atoms with Gasteiger partial charge in [0.2, 0.25) is 10.0 Å². The Morgan fingerprint density at radius 2 is 1.84 bits per heavy atom. The Balaban J connectivity index is 1.57. The average Bonchev–Trinajstić information content (AvgIpc) is 3.42. The van der Waals surface area contributed by atoms with Gasteiger partial charge in [0.1, 0.15) is 6.61 Å². The maximum Gasteiger partial charge on any atom is 0.336 e. The van der Waals surface area contributed by atoms with E-state index < -0.39 is 45.9 Å². The summed E-state index contributed by atoms with van der Waals surface area (Å²) in [6.45, 7) is -0.0734. The van der Waals surface area contributed by atoms with Crippen LogP contribution in [0.15, 0.2) is 53.9 Å². The molecule has 43 heavy (non-hydrogen) atoms. The van der Waals surface area contributed by atoms with E-state index in [-0.39, 0.29) is 23.1 Å². The van der Waals surface area contributed by atoms with E-state index in [1.54, 1.807) is 41.3 Å². The number of aromatic carboxylic acids is 1. The molecule has 10 nitrogen and oxygen atoms in total. The summed E-state index contributed by atoms with van der Waals surface area (Å²) in [5, 5.41) is 11.3. The van der Waals surface area contributed by atoms with E-state index in [9.17, 15) is 27.9 Å². The Kier molecular flexibility index (Phi) is 9.45. The molecule has 14 heteroatoms. The molecular formula is C29H29Cl2N3O7S2. The number of carbonyl (C=O) groups excluding carboxylic acids is 2. The largest absolute Gasteiger partial charge is 0.478 e. The van der Waals surface area contributed by atoms with Crippen LogP contribution in [-0.4, -0.2) is 54.5 Å². The number of carboxylic acid groups (broad SMARTS) is 1. The number of nitrogens with zero attached hydrogens (tertiary/aromatic N) is 1. The minimum Gasteiger partial charge on any atom is -0.478 e. The van der Waals surface area contributed by atoms with E-state index in [1.165, 1.54) is 28.8 Å². The SMILES string of the molecule is CS(=O)(=O)N[C@H]1CCCC[C@@H]1N1C(=O)c2ccccc2[C@@H](C(=O)NOCc2cc(C(=O)O)cs2)[C@@H]1c1ccc(Cl)cc1Cl. The Bertz CT molecular complexity index is 1660. The fraction of sp³-hybridized carbons (Fsp3) is 0.345. The quantitative estimate of drug-likeness (QED) is 0.269. The molecule has 0 saturated heterocycles. The second kappa shape index (κ2) is 12.9. The lowest BCUT2D eigenvalue weighted by atomic mass is 9.76. The number of nitrogens with one attached hydrogen (secondary N) is 2. The van der Waals surface area contributed by atoms with Crippen LogP contribution in [0, 0.1) is 0 Å². The number of fused-ring (bicyclic) bond motifs is 1. The van der Waals surface area contributed by atoms with Crippen molar-refractivity contribution in [1.82, 2.24) is 15.1 Å². The van der Waals surface area contributed by atoms with Crippen molar-refractivity contribution in [3.63, 3.8) is 0 Å². The first-order chi connectivity index (χ1) is 20.4. The molecule has 2 amide bonds. The third kappa shape index (κ3) is 6.89. The fourth-order valence-corrected chi connectivity index (χ4v) is 8.05. The van der Waals surface area contributed by atoms with Crippen molar-refractivity contribution in [1.29, 1.82) is 0 Å². The minimum absolute atomic E-state index is 0.0734. The van der Waals surface area contributed by atoms with Gasteiger partial charge in [0.05, 0.1) is 23.8 Å². The lowest BCUT2D eigenvalue weighted by Gasteiger charge is -2.49. The molecule has 3 N–H and O–H groups in total. The first-order valence-electron chi connectivity index (χ1n) is 13.5. The number of benzene rings is 2.